The Hall–Kier alpha value is -0.950. The van der Waals surface area contributed by atoms with Crippen molar-refractivity contribution in [2.75, 3.05) is 13.7 Å². The SMILES string of the molecule is COC(=O)[C@@H]1[C@@H]2CC[C@]3(C)C(=CC[C@H]4[C@]5(C)C[C@@H](O)[C@H](O)[C@@](C)(CO)[C@H]5CC[C@@]43C)[C@H]2CC(C)(C)[C@H]1O. The van der Waals surface area contributed by atoms with Crippen LogP contribution in [0.4, 0.5) is 0 Å². The van der Waals surface area contributed by atoms with Crippen molar-refractivity contribution in [3.8, 4) is 0 Å². The van der Waals surface area contributed by atoms with Gasteiger partial charge in [0.05, 0.1) is 37.9 Å². The van der Waals surface area contributed by atoms with Gasteiger partial charge in [-0.15, -0.1) is 0 Å². The molecule has 210 valence electrons. The lowest BCUT2D eigenvalue weighted by Gasteiger charge is -2.71. The molecule has 0 spiro atoms. The molecule has 0 aliphatic heterocycles. The van der Waals surface area contributed by atoms with E-state index in [-0.39, 0.29) is 52.0 Å². The van der Waals surface area contributed by atoms with Gasteiger partial charge in [0, 0.05) is 5.41 Å². The molecule has 0 amide bonds. The van der Waals surface area contributed by atoms with Gasteiger partial charge >= 0.3 is 5.97 Å². The van der Waals surface area contributed by atoms with Crippen molar-refractivity contribution < 1.29 is 30.0 Å². The molecule has 0 unspecified atom stereocenters. The summed E-state index contributed by atoms with van der Waals surface area (Å²) in [5.74, 6) is 0.0189. The summed E-state index contributed by atoms with van der Waals surface area (Å²) in [7, 11) is 1.43. The molecular weight excluding hydrogens is 468 g/mol. The lowest BCUT2D eigenvalue weighted by atomic mass is 9.34. The number of hydrogen-bond acceptors (Lipinski definition) is 6. The van der Waals surface area contributed by atoms with Crippen LogP contribution in [0, 0.1) is 56.7 Å². The number of esters is 1. The highest BCUT2D eigenvalue weighted by Crippen LogP contribution is 2.74. The van der Waals surface area contributed by atoms with Crippen molar-refractivity contribution in [2.24, 2.45) is 56.7 Å². The summed E-state index contributed by atoms with van der Waals surface area (Å²) in [6, 6.07) is 0. The molecule has 0 aromatic carbocycles. The average Bonchev–Trinajstić information content (AvgIpc) is 2.83. The zero-order valence-electron chi connectivity index (χ0n) is 24.0. The fourth-order valence-corrected chi connectivity index (χ4v) is 11.1. The molecule has 4 saturated carbocycles. The van der Waals surface area contributed by atoms with E-state index in [0.29, 0.717) is 12.3 Å². The zero-order valence-corrected chi connectivity index (χ0v) is 24.0. The minimum absolute atomic E-state index is 0.00660. The van der Waals surface area contributed by atoms with Crippen LogP contribution in [0.1, 0.15) is 86.5 Å². The molecule has 12 atom stereocenters. The highest BCUT2D eigenvalue weighted by molar-refractivity contribution is 5.74. The second-order valence-corrected chi connectivity index (χ2v) is 15.2. The van der Waals surface area contributed by atoms with Gasteiger partial charge in [-0.2, -0.15) is 0 Å². The molecule has 5 rings (SSSR count). The summed E-state index contributed by atoms with van der Waals surface area (Å²) in [6.45, 7) is 13.2. The summed E-state index contributed by atoms with van der Waals surface area (Å²) in [5, 5.41) is 43.6. The molecule has 0 saturated heterocycles. The summed E-state index contributed by atoms with van der Waals surface area (Å²) in [4.78, 5) is 12.9. The van der Waals surface area contributed by atoms with Gasteiger partial charge in [-0.1, -0.05) is 53.2 Å². The molecule has 5 aliphatic rings. The van der Waals surface area contributed by atoms with Crippen LogP contribution in [0.25, 0.3) is 0 Å². The first-order chi connectivity index (χ1) is 17.1. The lowest BCUT2D eigenvalue weighted by molar-refractivity contribution is -0.243. The van der Waals surface area contributed by atoms with Crippen LogP contribution >= 0.6 is 0 Å². The van der Waals surface area contributed by atoms with Crippen LogP contribution < -0.4 is 0 Å². The van der Waals surface area contributed by atoms with E-state index in [1.165, 1.54) is 12.7 Å². The molecule has 0 aromatic rings. The number of ether oxygens (including phenoxy) is 1. The van der Waals surface area contributed by atoms with Crippen LogP contribution in [0.15, 0.2) is 11.6 Å². The smallest absolute Gasteiger partial charge is 0.311 e. The topological polar surface area (TPSA) is 107 Å². The molecule has 37 heavy (non-hydrogen) atoms. The molecule has 5 aliphatic carbocycles. The number of aliphatic hydroxyl groups excluding tert-OH is 4. The van der Waals surface area contributed by atoms with Crippen molar-refractivity contribution in [3.05, 3.63) is 11.6 Å². The third-order valence-electron chi connectivity index (χ3n) is 13.3. The first-order valence-corrected chi connectivity index (χ1v) is 14.6. The minimum Gasteiger partial charge on any atom is -0.469 e. The van der Waals surface area contributed by atoms with E-state index >= 15 is 0 Å². The van der Waals surface area contributed by atoms with Crippen LogP contribution in [0.5, 0.6) is 0 Å². The number of aliphatic hydroxyl groups is 4. The van der Waals surface area contributed by atoms with Gasteiger partial charge in [0.2, 0.25) is 0 Å². The number of methoxy groups -OCH3 is 1. The average molecular weight is 519 g/mol. The molecule has 6 nitrogen and oxygen atoms in total. The Balaban J connectivity index is 1.57. The van der Waals surface area contributed by atoms with Gasteiger partial charge in [-0.05, 0) is 90.3 Å². The van der Waals surface area contributed by atoms with Crippen LogP contribution in [0.3, 0.4) is 0 Å². The Labute approximate surface area is 222 Å². The summed E-state index contributed by atoms with van der Waals surface area (Å²) in [6.07, 6.45) is 6.15. The van der Waals surface area contributed by atoms with Gasteiger partial charge in [-0.3, -0.25) is 4.79 Å². The van der Waals surface area contributed by atoms with Gasteiger partial charge in [0.15, 0.2) is 0 Å². The largest absolute Gasteiger partial charge is 0.469 e. The summed E-state index contributed by atoms with van der Waals surface area (Å²) >= 11 is 0. The number of allylic oxidation sites excluding steroid dienone is 2. The monoisotopic (exact) mass is 518 g/mol. The third-order valence-corrected chi connectivity index (χ3v) is 13.3. The highest BCUT2D eigenvalue weighted by atomic mass is 16.5. The number of hydrogen-bond donors (Lipinski definition) is 4. The summed E-state index contributed by atoms with van der Waals surface area (Å²) < 4.78 is 5.21. The predicted octanol–water partition coefficient (Wildman–Crippen LogP) is 4.09. The fourth-order valence-electron chi connectivity index (χ4n) is 11.1. The Morgan fingerprint density at radius 2 is 1.65 bits per heavy atom. The number of carbonyl (C=O) groups excluding carboxylic acids is 1. The lowest BCUT2D eigenvalue weighted by Crippen LogP contribution is -2.68. The Morgan fingerprint density at radius 3 is 2.27 bits per heavy atom. The highest BCUT2D eigenvalue weighted by Gasteiger charge is 2.69. The van der Waals surface area contributed by atoms with Crippen LogP contribution in [-0.4, -0.2) is 58.4 Å². The second-order valence-electron chi connectivity index (χ2n) is 15.2. The minimum atomic E-state index is -0.910. The van der Waals surface area contributed by atoms with E-state index in [0.717, 1.165) is 38.5 Å². The molecular formula is C31H50O6. The van der Waals surface area contributed by atoms with Crippen molar-refractivity contribution in [2.45, 2.75) is 105 Å². The van der Waals surface area contributed by atoms with Gasteiger partial charge in [0.1, 0.15) is 0 Å². The van der Waals surface area contributed by atoms with E-state index in [1.807, 2.05) is 6.92 Å². The number of carbonyl (C=O) groups is 1. The number of rotatable bonds is 2. The maximum absolute atomic E-state index is 12.9. The van der Waals surface area contributed by atoms with Gasteiger partial charge in [0.25, 0.3) is 0 Å². The fraction of sp³-hybridized carbons (Fsp3) is 0.903. The van der Waals surface area contributed by atoms with Crippen LogP contribution in [0.2, 0.25) is 0 Å². The van der Waals surface area contributed by atoms with E-state index in [4.69, 9.17) is 4.74 Å². The van der Waals surface area contributed by atoms with Crippen molar-refractivity contribution >= 4 is 5.97 Å². The number of fused-ring (bicyclic) bond motifs is 7. The van der Waals surface area contributed by atoms with Crippen LogP contribution in [-0.2, 0) is 9.53 Å². The Bertz CT molecular complexity index is 975. The van der Waals surface area contributed by atoms with Crippen molar-refractivity contribution in [1.82, 2.24) is 0 Å². The van der Waals surface area contributed by atoms with Gasteiger partial charge < -0.3 is 25.2 Å². The maximum atomic E-state index is 12.9. The normalized spacial score (nSPS) is 54.6. The van der Waals surface area contributed by atoms with E-state index in [9.17, 15) is 25.2 Å². The summed E-state index contributed by atoms with van der Waals surface area (Å²) in [5.41, 5.74) is 0.148. The third kappa shape index (κ3) is 3.40. The Kier molecular flexibility index (Phi) is 6.36. The van der Waals surface area contributed by atoms with E-state index < -0.39 is 29.6 Å². The molecule has 0 aromatic heterocycles. The first kappa shape index (κ1) is 27.6. The van der Waals surface area contributed by atoms with Crippen molar-refractivity contribution in [1.29, 1.82) is 0 Å². The standard InChI is InChI=1S/C31H50O6/c1-27(2)14-18-17(23(25(27)35)26(36)37-7)10-12-30(5)19(18)8-9-22-28(3)15-20(33)24(34)29(4,16-32)21(28)11-13-31(22,30)6/h8,17-18,20-25,32-35H,9-16H2,1-7H3/t17-,18+,20-,21+,22+,23-,24+,25+,28-,29+,30-,31+/m1/s1. The Morgan fingerprint density at radius 1 is 0.973 bits per heavy atom. The predicted molar refractivity (Wildman–Crippen MR) is 141 cm³/mol. The maximum Gasteiger partial charge on any atom is 0.311 e. The second kappa shape index (κ2) is 8.52. The molecule has 0 heterocycles. The first-order valence-electron chi connectivity index (χ1n) is 14.6. The van der Waals surface area contributed by atoms with E-state index in [2.05, 4.69) is 40.7 Å². The quantitative estimate of drug-likeness (QED) is 0.324. The van der Waals surface area contributed by atoms with Gasteiger partial charge in [-0.25, -0.2) is 0 Å². The zero-order chi connectivity index (χ0) is 27.3. The molecule has 0 radical (unpaired) electrons. The molecule has 0 bridgehead atoms. The molecule has 4 fully saturated rings. The molecule has 6 heteroatoms. The van der Waals surface area contributed by atoms with E-state index in [1.54, 1.807) is 0 Å². The van der Waals surface area contributed by atoms with Crippen molar-refractivity contribution in [3.63, 3.8) is 0 Å². The molecule has 4 N–H and O–H groups in total.